The van der Waals surface area contributed by atoms with E-state index >= 15 is 0 Å². The van der Waals surface area contributed by atoms with Crippen LogP contribution in [-0.2, 0) is 0 Å². The summed E-state index contributed by atoms with van der Waals surface area (Å²) in [7, 11) is 0. The Morgan fingerprint density at radius 1 is 1.43 bits per heavy atom. The van der Waals surface area contributed by atoms with Gasteiger partial charge in [0.05, 0.1) is 12.3 Å². The molecule has 3 N–H and O–H groups in total. The Labute approximate surface area is 137 Å². The molecule has 1 aromatic heterocycles. The zero-order valence-electron chi connectivity index (χ0n) is 12.6. The first-order valence-electron chi connectivity index (χ1n) is 6.87. The molecular weight excluding hydrogens is 323 g/mol. The number of halogens is 2. The van der Waals surface area contributed by atoms with Gasteiger partial charge in [0.25, 0.3) is 5.91 Å². The predicted molar refractivity (Wildman–Crippen MR) is 85.5 cm³/mol. The van der Waals surface area contributed by atoms with Crippen LogP contribution in [0.1, 0.15) is 22.8 Å². The van der Waals surface area contributed by atoms with Crippen molar-refractivity contribution in [2.24, 2.45) is 0 Å². The van der Waals surface area contributed by atoms with Crippen molar-refractivity contribution in [3.63, 3.8) is 0 Å². The van der Waals surface area contributed by atoms with E-state index in [1.54, 1.807) is 13.8 Å². The smallest absolute Gasteiger partial charge is 0.251 e. The molecule has 0 aliphatic rings. The third-order valence-corrected chi connectivity index (χ3v) is 3.54. The van der Waals surface area contributed by atoms with Crippen molar-refractivity contribution >= 4 is 29.0 Å². The second-order valence-electron chi connectivity index (χ2n) is 5.01. The van der Waals surface area contributed by atoms with Gasteiger partial charge in [0, 0.05) is 17.2 Å². The van der Waals surface area contributed by atoms with Crippen molar-refractivity contribution in [2.75, 3.05) is 11.9 Å². The summed E-state index contributed by atoms with van der Waals surface area (Å²) in [4.78, 5) is 19.7. The molecule has 1 atom stereocenters. The normalized spacial score (nSPS) is 11.9. The predicted octanol–water partition coefficient (Wildman–Crippen LogP) is 2.43. The fourth-order valence-corrected chi connectivity index (χ4v) is 1.93. The number of aromatic nitrogens is 2. The highest BCUT2D eigenvalue weighted by Gasteiger charge is 2.13. The highest BCUT2D eigenvalue weighted by atomic mass is 35.5. The third kappa shape index (κ3) is 4.14. The minimum atomic E-state index is -0.608. The lowest BCUT2D eigenvalue weighted by atomic mass is 10.1. The number of amides is 1. The molecule has 0 aliphatic heterocycles. The van der Waals surface area contributed by atoms with Crippen molar-refractivity contribution in [1.29, 1.82) is 0 Å². The standard InChI is InChI=1S/C15H16ClFN4O2/c1-8(6-22)20-15(23)10-3-4-12(11(17)5-10)21-14-9(2)13(16)18-7-19-14/h3-5,7-8,22H,6H2,1-2H3,(H,20,23)(H,18,19,21). The number of aliphatic hydroxyl groups excluding tert-OH is 1. The quantitative estimate of drug-likeness (QED) is 0.729. The van der Waals surface area contributed by atoms with Gasteiger partial charge in [0.15, 0.2) is 0 Å². The first-order chi connectivity index (χ1) is 10.9. The SMILES string of the molecule is Cc1c(Cl)ncnc1Nc1ccc(C(=O)NC(C)CO)cc1F. The van der Waals surface area contributed by atoms with Crippen LogP contribution in [0.2, 0.25) is 5.15 Å². The maximum absolute atomic E-state index is 14.2. The molecule has 0 spiro atoms. The summed E-state index contributed by atoms with van der Waals surface area (Å²) < 4.78 is 14.2. The molecule has 0 saturated carbocycles. The Morgan fingerprint density at radius 3 is 2.83 bits per heavy atom. The van der Waals surface area contributed by atoms with Crippen molar-refractivity contribution in [3.05, 3.63) is 46.6 Å². The highest BCUT2D eigenvalue weighted by molar-refractivity contribution is 6.30. The van der Waals surface area contributed by atoms with Gasteiger partial charge in [-0.15, -0.1) is 0 Å². The van der Waals surface area contributed by atoms with Crippen LogP contribution in [0.5, 0.6) is 0 Å². The van der Waals surface area contributed by atoms with Gasteiger partial charge in [0.1, 0.15) is 23.1 Å². The fourth-order valence-electron chi connectivity index (χ4n) is 1.79. The minimum Gasteiger partial charge on any atom is -0.394 e. The van der Waals surface area contributed by atoms with Gasteiger partial charge in [-0.1, -0.05) is 11.6 Å². The lowest BCUT2D eigenvalue weighted by molar-refractivity contribution is 0.0922. The van der Waals surface area contributed by atoms with Crippen LogP contribution in [-0.4, -0.2) is 33.6 Å². The molecule has 1 amide bonds. The van der Waals surface area contributed by atoms with Crippen molar-refractivity contribution in [3.8, 4) is 0 Å². The maximum Gasteiger partial charge on any atom is 0.251 e. The molecule has 0 bridgehead atoms. The Kier molecular flexibility index (Phi) is 5.46. The molecule has 0 radical (unpaired) electrons. The zero-order valence-corrected chi connectivity index (χ0v) is 13.4. The Morgan fingerprint density at radius 2 is 2.17 bits per heavy atom. The van der Waals surface area contributed by atoms with Gasteiger partial charge in [-0.25, -0.2) is 14.4 Å². The van der Waals surface area contributed by atoms with E-state index in [-0.39, 0.29) is 23.0 Å². The Bertz CT molecular complexity index is 727. The van der Waals surface area contributed by atoms with Gasteiger partial charge in [0.2, 0.25) is 0 Å². The number of carbonyl (C=O) groups is 1. The van der Waals surface area contributed by atoms with E-state index in [4.69, 9.17) is 16.7 Å². The van der Waals surface area contributed by atoms with E-state index < -0.39 is 17.8 Å². The number of benzene rings is 1. The number of aliphatic hydroxyl groups is 1. The van der Waals surface area contributed by atoms with E-state index in [1.807, 2.05) is 0 Å². The van der Waals surface area contributed by atoms with Gasteiger partial charge < -0.3 is 15.7 Å². The molecule has 6 nitrogen and oxygen atoms in total. The van der Waals surface area contributed by atoms with E-state index in [0.29, 0.717) is 11.4 Å². The molecule has 1 heterocycles. The van der Waals surface area contributed by atoms with Crippen LogP contribution in [0, 0.1) is 12.7 Å². The number of nitrogens with zero attached hydrogens (tertiary/aromatic N) is 2. The topological polar surface area (TPSA) is 87.1 Å². The maximum atomic E-state index is 14.2. The molecular formula is C15H16ClFN4O2. The van der Waals surface area contributed by atoms with E-state index in [1.165, 1.54) is 18.5 Å². The largest absolute Gasteiger partial charge is 0.394 e. The van der Waals surface area contributed by atoms with Crippen LogP contribution in [0.15, 0.2) is 24.5 Å². The molecule has 122 valence electrons. The number of hydrogen-bond acceptors (Lipinski definition) is 5. The van der Waals surface area contributed by atoms with Gasteiger partial charge in [-0.3, -0.25) is 4.79 Å². The molecule has 0 saturated heterocycles. The van der Waals surface area contributed by atoms with Crippen molar-refractivity contribution in [1.82, 2.24) is 15.3 Å². The summed E-state index contributed by atoms with van der Waals surface area (Å²) in [5.41, 5.74) is 0.910. The monoisotopic (exact) mass is 338 g/mol. The third-order valence-electron chi connectivity index (χ3n) is 3.16. The van der Waals surface area contributed by atoms with Gasteiger partial charge in [-0.05, 0) is 32.0 Å². The summed E-state index contributed by atoms with van der Waals surface area (Å²) in [5.74, 6) is -0.684. The number of anilines is 2. The van der Waals surface area contributed by atoms with Crippen LogP contribution in [0.25, 0.3) is 0 Å². The zero-order chi connectivity index (χ0) is 17.0. The number of rotatable bonds is 5. The van der Waals surface area contributed by atoms with E-state index in [0.717, 1.165) is 6.07 Å². The molecule has 1 unspecified atom stereocenters. The minimum absolute atomic E-state index is 0.158. The average Bonchev–Trinajstić information content (AvgIpc) is 2.53. The van der Waals surface area contributed by atoms with Crippen molar-refractivity contribution < 1.29 is 14.3 Å². The van der Waals surface area contributed by atoms with Crippen molar-refractivity contribution in [2.45, 2.75) is 19.9 Å². The average molecular weight is 339 g/mol. The summed E-state index contributed by atoms with van der Waals surface area (Å²) in [6.45, 7) is 3.16. The number of nitrogens with one attached hydrogen (secondary N) is 2. The summed E-state index contributed by atoms with van der Waals surface area (Å²) in [6, 6.07) is 3.61. The van der Waals surface area contributed by atoms with Crippen LogP contribution in [0.4, 0.5) is 15.9 Å². The van der Waals surface area contributed by atoms with Crippen LogP contribution in [0.3, 0.4) is 0 Å². The second kappa shape index (κ2) is 7.34. The number of hydrogen-bond donors (Lipinski definition) is 3. The van der Waals surface area contributed by atoms with Gasteiger partial charge >= 0.3 is 0 Å². The highest BCUT2D eigenvalue weighted by Crippen LogP contribution is 2.24. The van der Waals surface area contributed by atoms with Crippen LogP contribution < -0.4 is 10.6 Å². The first-order valence-corrected chi connectivity index (χ1v) is 7.25. The first kappa shape index (κ1) is 17.1. The fraction of sp³-hybridized carbons (Fsp3) is 0.267. The molecule has 0 aliphatic carbocycles. The lowest BCUT2D eigenvalue weighted by Crippen LogP contribution is -2.35. The Balaban J connectivity index is 2.19. The molecule has 2 aromatic rings. The molecule has 1 aromatic carbocycles. The molecule has 2 rings (SSSR count). The van der Waals surface area contributed by atoms with Crippen LogP contribution >= 0.6 is 11.6 Å². The Hall–Kier alpha value is -2.25. The second-order valence-corrected chi connectivity index (χ2v) is 5.37. The molecule has 23 heavy (non-hydrogen) atoms. The number of carbonyl (C=O) groups excluding carboxylic acids is 1. The van der Waals surface area contributed by atoms with E-state index in [2.05, 4.69) is 20.6 Å². The summed E-state index contributed by atoms with van der Waals surface area (Å²) in [5, 5.41) is 14.6. The van der Waals surface area contributed by atoms with Gasteiger partial charge in [-0.2, -0.15) is 0 Å². The van der Waals surface area contributed by atoms with E-state index in [9.17, 15) is 9.18 Å². The lowest BCUT2D eigenvalue weighted by Gasteiger charge is -2.13. The summed E-state index contributed by atoms with van der Waals surface area (Å²) in [6.07, 6.45) is 1.27. The molecule has 0 fully saturated rings. The summed E-state index contributed by atoms with van der Waals surface area (Å²) >= 11 is 5.89. The molecule has 8 heteroatoms.